The highest BCUT2D eigenvalue weighted by Crippen LogP contribution is 2.34. The molecule has 1 aliphatic carbocycles. The number of carbonyl (C=O) groups is 1. The molecule has 1 aliphatic rings. The second kappa shape index (κ2) is 7.76. The van der Waals surface area contributed by atoms with Gasteiger partial charge in [-0.05, 0) is 38.3 Å². The van der Waals surface area contributed by atoms with Crippen LogP contribution in [0.3, 0.4) is 0 Å². The van der Waals surface area contributed by atoms with Gasteiger partial charge >= 0.3 is 5.97 Å². The van der Waals surface area contributed by atoms with Crippen molar-refractivity contribution in [2.24, 2.45) is 5.92 Å². The van der Waals surface area contributed by atoms with Gasteiger partial charge in [-0.3, -0.25) is 9.48 Å². The fourth-order valence-electron chi connectivity index (χ4n) is 3.09. The van der Waals surface area contributed by atoms with Crippen LogP contribution in [0.15, 0.2) is 30.3 Å². The lowest BCUT2D eigenvalue weighted by Crippen LogP contribution is -2.37. The summed E-state index contributed by atoms with van der Waals surface area (Å²) in [5.74, 6) is -0.00566. The minimum Gasteiger partial charge on any atom is -0.423 e. The summed E-state index contributed by atoms with van der Waals surface area (Å²) in [5.41, 5.74) is 2.61. The summed E-state index contributed by atoms with van der Waals surface area (Å²) in [6.45, 7) is 11.4. The molecule has 0 bridgehead atoms. The van der Waals surface area contributed by atoms with E-state index in [2.05, 4.69) is 42.9 Å². The zero-order valence-electron chi connectivity index (χ0n) is 17.2. The highest BCUT2D eigenvalue weighted by Gasteiger charge is 2.33. The Morgan fingerprint density at radius 1 is 1.29 bits per heavy atom. The van der Waals surface area contributed by atoms with Gasteiger partial charge in [-0.25, -0.2) is 0 Å². The standard InChI is InChI=1S/C22H27N3O2Si/c1-6-25-20(13-15(2)24-25)21(27-22(26)17-7-8-17)19(14-23)16-9-11-18(12-10-16)28(3,4)5/h9-13,17H,6-8H2,1-5H3/b21-19+. The molecule has 0 atom stereocenters. The van der Waals surface area contributed by atoms with E-state index in [0.29, 0.717) is 23.6 Å². The number of aryl methyl sites for hydroxylation is 2. The first-order valence-corrected chi connectivity index (χ1v) is 13.3. The first kappa shape index (κ1) is 20.1. The fraction of sp³-hybridized carbons (Fsp3) is 0.409. The zero-order valence-corrected chi connectivity index (χ0v) is 18.2. The van der Waals surface area contributed by atoms with Crippen molar-refractivity contribution < 1.29 is 9.53 Å². The smallest absolute Gasteiger partial charge is 0.314 e. The van der Waals surface area contributed by atoms with Gasteiger partial charge < -0.3 is 4.74 Å². The number of benzene rings is 1. The Labute approximate surface area is 167 Å². The van der Waals surface area contributed by atoms with Crippen LogP contribution in [0.1, 0.15) is 36.7 Å². The number of ether oxygens (including phenoxy) is 1. The average Bonchev–Trinajstić information content (AvgIpc) is 3.43. The molecule has 0 N–H and O–H groups in total. The van der Waals surface area contributed by atoms with Gasteiger partial charge in [-0.1, -0.05) is 49.1 Å². The van der Waals surface area contributed by atoms with Gasteiger partial charge in [0.15, 0.2) is 5.76 Å². The Morgan fingerprint density at radius 3 is 2.43 bits per heavy atom. The van der Waals surface area contributed by atoms with Gasteiger partial charge in [-0.15, -0.1) is 0 Å². The summed E-state index contributed by atoms with van der Waals surface area (Å²) in [6, 6.07) is 12.2. The topological polar surface area (TPSA) is 67.9 Å². The van der Waals surface area contributed by atoms with E-state index in [-0.39, 0.29) is 11.9 Å². The van der Waals surface area contributed by atoms with Crippen molar-refractivity contribution in [3.05, 3.63) is 47.3 Å². The molecule has 0 spiro atoms. The Hall–Kier alpha value is -2.65. The predicted molar refractivity (Wildman–Crippen MR) is 113 cm³/mol. The Balaban J connectivity index is 2.12. The summed E-state index contributed by atoms with van der Waals surface area (Å²) in [5, 5.41) is 15.7. The van der Waals surface area contributed by atoms with E-state index in [1.54, 1.807) is 4.68 Å². The van der Waals surface area contributed by atoms with Crippen LogP contribution in [-0.2, 0) is 16.1 Å². The van der Waals surface area contributed by atoms with Gasteiger partial charge in [0.2, 0.25) is 0 Å². The highest BCUT2D eigenvalue weighted by atomic mass is 28.3. The number of nitriles is 1. The molecule has 1 fully saturated rings. The van der Waals surface area contributed by atoms with E-state index in [4.69, 9.17) is 4.74 Å². The molecule has 3 rings (SSSR count). The molecule has 2 aromatic rings. The van der Waals surface area contributed by atoms with Crippen molar-refractivity contribution in [2.75, 3.05) is 0 Å². The van der Waals surface area contributed by atoms with Crippen LogP contribution in [0.5, 0.6) is 0 Å². The number of allylic oxidation sites excluding steroid dienone is 1. The maximum Gasteiger partial charge on any atom is 0.314 e. The molecule has 6 heteroatoms. The minimum absolute atomic E-state index is 0.0525. The summed E-state index contributed by atoms with van der Waals surface area (Å²) >= 11 is 0. The number of esters is 1. The quantitative estimate of drug-likeness (QED) is 0.321. The van der Waals surface area contributed by atoms with Gasteiger partial charge in [-0.2, -0.15) is 10.4 Å². The van der Waals surface area contributed by atoms with Crippen molar-refractivity contribution in [1.29, 1.82) is 5.26 Å². The molecule has 28 heavy (non-hydrogen) atoms. The van der Waals surface area contributed by atoms with Gasteiger partial charge in [0.05, 0.1) is 19.7 Å². The fourth-order valence-corrected chi connectivity index (χ4v) is 4.25. The van der Waals surface area contributed by atoms with Crippen molar-refractivity contribution in [3.8, 4) is 6.07 Å². The largest absolute Gasteiger partial charge is 0.423 e. The van der Waals surface area contributed by atoms with Crippen molar-refractivity contribution in [2.45, 2.75) is 52.9 Å². The average molecular weight is 394 g/mol. The Kier molecular flexibility index (Phi) is 5.57. The third-order valence-corrected chi connectivity index (χ3v) is 6.99. The number of aromatic nitrogens is 2. The van der Waals surface area contributed by atoms with E-state index < -0.39 is 8.07 Å². The zero-order chi connectivity index (χ0) is 20.5. The summed E-state index contributed by atoms with van der Waals surface area (Å²) in [7, 11) is -1.44. The van der Waals surface area contributed by atoms with Crippen molar-refractivity contribution in [3.63, 3.8) is 0 Å². The molecule has 5 nitrogen and oxygen atoms in total. The van der Waals surface area contributed by atoms with Crippen LogP contribution in [0.4, 0.5) is 0 Å². The van der Waals surface area contributed by atoms with Gasteiger partial charge in [0, 0.05) is 6.54 Å². The van der Waals surface area contributed by atoms with Gasteiger partial charge in [0.1, 0.15) is 17.3 Å². The van der Waals surface area contributed by atoms with E-state index >= 15 is 0 Å². The predicted octanol–water partition coefficient (Wildman–Crippen LogP) is 4.10. The van der Waals surface area contributed by atoms with Crippen LogP contribution >= 0.6 is 0 Å². The van der Waals surface area contributed by atoms with Crippen LogP contribution in [0.2, 0.25) is 19.6 Å². The number of nitrogens with zero attached hydrogens (tertiary/aromatic N) is 3. The second-order valence-electron chi connectivity index (χ2n) is 8.33. The molecule has 0 saturated heterocycles. The van der Waals surface area contributed by atoms with Crippen molar-refractivity contribution in [1.82, 2.24) is 9.78 Å². The van der Waals surface area contributed by atoms with Crippen LogP contribution in [0.25, 0.3) is 11.3 Å². The number of carbonyl (C=O) groups excluding carboxylic acids is 1. The normalized spacial score (nSPS) is 15.0. The third kappa shape index (κ3) is 4.25. The lowest BCUT2D eigenvalue weighted by atomic mass is 10.0. The number of hydrogen-bond acceptors (Lipinski definition) is 4. The highest BCUT2D eigenvalue weighted by molar-refractivity contribution is 6.88. The first-order valence-electron chi connectivity index (χ1n) is 9.76. The molecule has 0 unspecified atom stereocenters. The van der Waals surface area contributed by atoms with Crippen LogP contribution in [-0.4, -0.2) is 23.8 Å². The van der Waals surface area contributed by atoms with E-state index in [1.165, 1.54) is 5.19 Å². The van der Waals surface area contributed by atoms with Crippen LogP contribution < -0.4 is 5.19 Å². The molecule has 1 aromatic heterocycles. The Morgan fingerprint density at radius 2 is 1.93 bits per heavy atom. The molecule has 1 aromatic carbocycles. The molecule has 1 heterocycles. The monoisotopic (exact) mass is 393 g/mol. The summed E-state index contributed by atoms with van der Waals surface area (Å²) in [6.07, 6.45) is 1.70. The SMILES string of the molecule is CCn1nc(C)cc1/C(OC(=O)C1CC1)=C(/C#N)c1ccc([Si](C)(C)C)cc1. The van der Waals surface area contributed by atoms with Crippen LogP contribution in [0, 0.1) is 24.2 Å². The summed E-state index contributed by atoms with van der Waals surface area (Å²) < 4.78 is 7.56. The summed E-state index contributed by atoms with van der Waals surface area (Å²) in [4.78, 5) is 12.4. The first-order chi connectivity index (χ1) is 13.2. The van der Waals surface area contributed by atoms with Gasteiger partial charge in [0.25, 0.3) is 0 Å². The third-order valence-electron chi connectivity index (χ3n) is 4.93. The van der Waals surface area contributed by atoms with E-state index in [1.807, 2.05) is 32.0 Å². The molecule has 0 aliphatic heterocycles. The minimum atomic E-state index is -1.44. The van der Waals surface area contributed by atoms with E-state index in [0.717, 1.165) is 24.1 Å². The lowest BCUT2D eigenvalue weighted by molar-refractivity contribution is -0.138. The lowest BCUT2D eigenvalue weighted by Gasteiger charge is -2.17. The Bertz CT molecular complexity index is 955. The molecular formula is C22H27N3O2Si. The maximum atomic E-state index is 12.4. The second-order valence-corrected chi connectivity index (χ2v) is 13.4. The number of rotatable bonds is 6. The molecule has 0 radical (unpaired) electrons. The van der Waals surface area contributed by atoms with E-state index in [9.17, 15) is 10.1 Å². The molecule has 1 saturated carbocycles. The molecule has 0 amide bonds. The molecule has 146 valence electrons. The number of hydrogen-bond donors (Lipinski definition) is 0. The maximum absolute atomic E-state index is 12.4. The van der Waals surface area contributed by atoms with Crippen molar-refractivity contribution >= 4 is 30.6 Å². The molecular weight excluding hydrogens is 366 g/mol.